The van der Waals surface area contributed by atoms with Gasteiger partial charge in [-0.25, -0.2) is 0 Å². The number of furan rings is 1. The number of benzene rings is 2. The van der Waals surface area contributed by atoms with Gasteiger partial charge in [0.25, 0.3) is 0 Å². The summed E-state index contributed by atoms with van der Waals surface area (Å²) in [5.74, 6) is 0.0592. The molecule has 3 aromatic rings. The van der Waals surface area contributed by atoms with E-state index in [2.05, 4.69) is 10.1 Å². The molecule has 2 aromatic carbocycles. The topological polar surface area (TPSA) is 54.7 Å². The fourth-order valence-electron chi connectivity index (χ4n) is 2.96. The molecule has 5 nitrogen and oxygen atoms in total. The summed E-state index contributed by atoms with van der Waals surface area (Å²) in [5, 5.41) is 2.66. The number of halogens is 3. The molecule has 0 saturated heterocycles. The van der Waals surface area contributed by atoms with Gasteiger partial charge in [0, 0.05) is 18.7 Å². The third-order valence-electron chi connectivity index (χ3n) is 4.25. The van der Waals surface area contributed by atoms with E-state index >= 15 is 0 Å². The summed E-state index contributed by atoms with van der Waals surface area (Å²) in [6.07, 6.45) is -3.23. The largest absolute Gasteiger partial charge is 0.573 e. The van der Waals surface area contributed by atoms with Gasteiger partial charge in [0.15, 0.2) is 0 Å². The van der Waals surface area contributed by atoms with Gasteiger partial charge >= 0.3 is 6.36 Å². The highest BCUT2D eigenvalue weighted by molar-refractivity contribution is 5.78. The molecule has 1 heterocycles. The second-order valence-electron chi connectivity index (χ2n) is 6.64. The molecule has 158 valence electrons. The fourth-order valence-corrected chi connectivity index (χ4v) is 2.96. The molecule has 0 atom stereocenters. The number of hydrogen-bond donors (Lipinski definition) is 1. The van der Waals surface area contributed by atoms with Crippen LogP contribution >= 0.6 is 0 Å². The summed E-state index contributed by atoms with van der Waals surface area (Å²) in [5.41, 5.74) is 1.27. The van der Waals surface area contributed by atoms with Gasteiger partial charge in [0.2, 0.25) is 5.91 Å². The Balaban J connectivity index is 1.62. The van der Waals surface area contributed by atoms with E-state index in [1.807, 2.05) is 41.3 Å². The van der Waals surface area contributed by atoms with Gasteiger partial charge in [-0.2, -0.15) is 0 Å². The second kappa shape index (κ2) is 9.98. The number of nitrogens with one attached hydrogen (secondary N) is 1. The van der Waals surface area contributed by atoms with E-state index in [0.717, 1.165) is 5.56 Å². The lowest BCUT2D eigenvalue weighted by molar-refractivity contribution is -0.274. The van der Waals surface area contributed by atoms with Crippen molar-refractivity contribution in [3.63, 3.8) is 0 Å². The lowest BCUT2D eigenvalue weighted by Crippen LogP contribution is -2.36. The highest BCUT2D eigenvalue weighted by Gasteiger charge is 2.32. The summed E-state index contributed by atoms with van der Waals surface area (Å²) in [6, 6.07) is 19.0. The van der Waals surface area contributed by atoms with Crippen LogP contribution in [0.2, 0.25) is 0 Å². The number of rotatable bonds is 9. The Labute approximate surface area is 172 Å². The van der Waals surface area contributed by atoms with Gasteiger partial charge in [-0.3, -0.25) is 9.69 Å². The van der Waals surface area contributed by atoms with Crippen LogP contribution in [0.3, 0.4) is 0 Å². The van der Waals surface area contributed by atoms with Crippen molar-refractivity contribution in [3.05, 3.63) is 89.9 Å². The zero-order valence-electron chi connectivity index (χ0n) is 16.1. The zero-order valence-corrected chi connectivity index (χ0v) is 16.1. The van der Waals surface area contributed by atoms with Crippen LogP contribution in [-0.4, -0.2) is 23.7 Å². The Hall–Kier alpha value is -3.26. The molecule has 8 heteroatoms. The van der Waals surface area contributed by atoms with Gasteiger partial charge in [0.1, 0.15) is 11.5 Å². The molecule has 1 aromatic heterocycles. The number of amides is 1. The maximum atomic E-state index is 12.6. The average molecular weight is 418 g/mol. The minimum atomic E-state index is -4.80. The number of nitrogens with zero attached hydrogens (tertiary/aromatic N) is 1. The van der Waals surface area contributed by atoms with Crippen molar-refractivity contribution in [3.8, 4) is 5.75 Å². The summed E-state index contributed by atoms with van der Waals surface area (Å²) in [7, 11) is 0. The van der Waals surface area contributed by atoms with Crippen LogP contribution < -0.4 is 10.1 Å². The number of alkyl halides is 3. The molecule has 0 bridgehead atoms. The van der Waals surface area contributed by atoms with E-state index in [1.165, 1.54) is 18.2 Å². The molecule has 3 rings (SSSR count). The van der Waals surface area contributed by atoms with Gasteiger partial charge in [-0.1, -0.05) is 48.5 Å². The van der Waals surface area contributed by atoms with Crippen LogP contribution in [0.1, 0.15) is 16.9 Å². The van der Waals surface area contributed by atoms with E-state index in [0.29, 0.717) is 18.8 Å². The first-order valence-electron chi connectivity index (χ1n) is 9.28. The van der Waals surface area contributed by atoms with Gasteiger partial charge in [-0.05, 0) is 23.8 Å². The average Bonchev–Trinajstić information content (AvgIpc) is 3.20. The van der Waals surface area contributed by atoms with Crippen LogP contribution in [0.5, 0.6) is 5.75 Å². The van der Waals surface area contributed by atoms with E-state index < -0.39 is 6.36 Å². The van der Waals surface area contributed by atoms with Gasteiger partial charge in [0.05, 0.1) is 19.4 Å². The predicted molar refractivity (Wildman–Crippen MR) is 104 cm³/mol. The number of carbonyl (C=O) groups excluding carboxylic acids is 1. The molecule has 0 spiro atoms. The standard InChI is InChI=1S/C22H21F3N2O3/c23-22(24,25)30-20-11-5-4-9-18(20)13-26-21(28)16-27(15-19-10-6-12-29-19)14-17-7-2-1-3-8-17/h1-12H,13-16H2,(H,26,28). The molecule has 0 aliphatic rings. The number of hydrogen-bond acceptors (Lipinski definition) is 4. The number of para-hydroxylation sites is 1. The minimum Gasteiger partial charge on any atom is -0.468 e. The minimum absolute atomic E-state index is 0.0535. The van der Waals surface area contributed by atoms with Crippen molar-refractivity contribution in [2.75, 3.05) is 6.54 Å². The molecule has 1 amide bonds. The van der Waals surface area contributed by atoms with E-state index in [4.69, 9.17) is 4.42 Å². The monoisotopic (exact) mass is 418 g/mol. The van der Waals surface area contributed by atoms with Crippen LogP contribution in [-0.2, 0) is 24.4 Å². The second-order valence-corrected chi connectivity index (χ2v) is 6.64. The third-order valence-corrected chi connectivity index (χ3v) is 4.25. The van der Waals surface area contributed by atoms with E-state index in [-0.39, 0.29) is 30.3 Å². The zero-order chi connectivity index (χ0) is 21.4. The summed E-state index contributed by atoms with van der Waals surface area (Å²) < 4.78 is 47.1. The Morgan fingerprint density at radius 1 is 0.967 bits per heavy atom. The third kappa shape index (κ3) is 6.97. The lowest BCUT2D eigenvalue weighted by atomic mass is 10.2. The van der Waals surface area contributed by atoms with Crippen molar-refractivity contribution in [1.82, 2.24) is 10.2 Å². The lowest BCUT2D eigenvalue weighted by Gasteiger charge is -2.21. The van der Waals surface area contributed by atoms with Crippen molar-refractivity contribution < 1.29 is 27.1 Å². The molecule has 0 aliphatic carbocycles. The van der Waals surface area contributed by atoms with Crippen LogP contribution in [0.15, 0.2) is 77.4 Å². The van der Waals surface area contributed by atoms with Crippen molar-refractivity contribution in [2.24, 2.45) is 0 Å². The van der Waals surface area contributed by atoms with Crippen molar-refractivity contribution in [1.29, 1.82) is 0 Å². The van der Waals surface area contributed by atoms with Crippen LogP contribution in [0.4, 0.5) is 13.2 Å². The fraction of sp³-hybridized carbons (Fsp3) is 0.227. The first-order valence-corrected chi connectivity index (χ1v) is 9.28. The molecule has 0 aliphatic heterocycles. The molecular weight excluding hydrogens is 397 g/mol. The highest BCUT2D eigenvalue weighted by atomic mass is 19.4. The smallest absolute Gasteiger partial charge is 0.468 e. The summed E-state index contributed by atoms with van der Waals surface area (Å²) in [6.45, 7) is 0.911. The molecular formula is C22H21F3N2O3. The molecule has 0 radical (unpaired) electrons. The maximum Gasteiger partial charge on any atom is 0.573 e. The molecule has 1 N–H and O–H groups in total. The Kier molecular flexibility index (Phi) is 7.13. The van der Waals surface area contributed by atoms with Gasteiger partial charge < -0.3 is 14.5 Å². The molecule has 0 unspecified atom stereocenters. The number of carbonyl (C=O) groups is 1. The SMILES string of the molecule is O=C(CN(Cc1ccccc1)Cc1ccco1)NCc1ccccc1OC(F)(F)F. The summed E-state index contributed by atoms with van der Waals surface area (Å²) >= 11 is 0. The van der Waals surface area contributed by atoms with E-state index in [9.17, 15) is 18.0 Å². The normalized spacial score (nSPS) is 11.5. The first kappa shape index (κ1) is 21.4. The quantitative estimate of drug-likeness (QED) is 0.556. The molecule has 0 fully saturated rings. The Bertz CT molecular complexity index is 928. The maximum absolute atomic E-state index is 12.6. The van der Waals surface area contributed by atoms with Crippen molar-refractivity contribution in [2.45, 2.75) is 26.0 Å². The number of ether oxygens (including phenoxy) is 1. The molecule has 30 heavy (non-hydrogen) atoms. The first-order chi connectivity index (χ1) is 14.4. The van der Waals surface area contributed by atoms with Crippen LogP contribution in [0, 0.1) is 0 Å². The van der Waals surface area contributed by atoms with Crippen molar-refractivity contribution >= 4 is 5.91 Å². The van der Waals surface area contributed by atoms with Gasteiger partial charge in [-0.15, -0.1) is 13.2 Å². The Morgan fingerprint density at radius 2 is 1.70 bits per heavy atom. The van der Waals surface area contributed by atoms with Crippen LogP contribution in [0.25, 0.3) is 0 Å². The highest BCUT2D eigenvalue weighted by Crippen LogP contribution is 2.26. The Morgan fingerprint density at radius 3 is 2.40 bits per heavy atom. The predicted octanol–water partition coefficient (Wildman–Crippen LogP) is 4.50. The summed E-state index contributed by atoms with van der Waals surface area (Å²) in [4.78, 5) is 14.4. The van der Waals surface area contributed by atoms with E-state index in [1.54, 1.807) is 18.4 Å². The molecule has 0 saturated carbocycles.